The number of likely N-dealkylation sites (tertiary alicyclic amines) is 1. The summed E-state index contributed by atoms with van der Waals surface area (Å²) in [4.78, 5) is 2.17. The smallest absolute Gasteiger partial charge is 0.123 e. The summed E-state index contributed by atoms with van der Waals surface area (Å²) in [5.74, 6) is 1.69. The highest BCUT2D eigenvalue weighted by Gasteiger charge is 2.25. The van der Waals surface area contributed by atoms with Gasteiger partial charge < -0.3 is 14.6 Å². The van der Waals surface area contributed by atoms with Gasteiger partial charge in [-0.15, -0.1) is 0 Å². The van der Waals surface area contributed by atoms with Crippen molar-refractivity contribution in [1.82, 2.24) is 4.90 Å². The molecule has 1 heterocycles. The third-order valence-electron chi connectivity index (χ3n) is 2.82. The summed E-state index contributed by atoms with van der Waals surface area (Å²) in [5, 5.41) is 9.23. The first-order chi connectivity index (χ1) is 7.72. The first-order valence-corrected chi connectivity index (χ1v) is 5.34. The van der Waals surface area contributed by atoms with Gasteiger partial charge in [-0.25, -0.2) is 0 Å². The first-order valence-electron chi connectivity index (χ1n) is 5.34. The second-order valence-corrected chi connectivity index (χ2v) is 4.03. The normalized spacial score (nSPS) is 16.9. The van der Waals surface area contributed by atoms with Crippen LogP contribution in [0, 0.1) is 0 Å². The maximum atomic E-state index is 9.23. The number of ether oxygens (including phenoxy) is 2. The highest BCUT2D eigenvalue weighted by Crippen LogP contribution is 2.26. The van der Waals surface area contributed by atoms with E-state index in [4.69, 9.17) is 9.47 Å². The molecule has 0 spiro atoms. The van der Waals surface area contributed by atoms with Crippen LogP contribution in [0.15, 0.2) is 18.2 Å². The Kier molecular flexibility index (Phi) is 3.31. The molecule has 0 atom stereocenters. The average molecular weight is 223 g/mol. The van der Waals surface area contributed by atoms with E-state index in [1.54, 1.807) is 14.2 Å². The van der Waals surface area contributed by atoms with E-state index in [1.165, 1.54) is 0 Å². The fourth-order valence-corrected chi connectivity index (χ4v) is 1.92. The Morgan fingerprint density at radius 3 is 2.62 bits per heavy atom. The van der Waals surface area contributed by atoms with Gasteiger partial charge >= 0.3 is 0 Å². The Bertz CT molecular complexity index is 361. The molecular weight excluding hydrogens is 206 g/mol. The molecule has 1 aromatic rings. The highest BCUT2D eigenvalue weighted by atomic mass is 16.5. The lowest BCUT2D eigenvalue weighted by Gasteiger charge is -2.36. The van der Waals surface area contributed by atoms with Crippen LogP contribution in [0.2, 0.25) is 0 Å². The summed E-state index contributed by atoms with van der Waals surface area (Å²) < 4.78 is 10.5. The number of hydrogen-bond acceptors (Lipinski definition) is 4. The van der Waals surface area contributed by atoms with Gasteiger partial charge in [0.05, 0.1) is 20.3 Å². The van der Waals surface area contributed by atoms with Crippen LogP contribution in [0.1, 0.15) is 5.56 Å². The molecule has 1 N–H and O–H groups in total. The van der Waals surface area contributed by atoms with Crippen molar-refractivity contribution in [2.75, 3.05) is 27.3 Å². The molecule has 0 saturated carbocycles. The monoisotopic (exact) mass is 223 g/mol. The summed E-state index contributed by atoms with van der Waals surface area (Å²) in [7, 11) is 3.31. The Hall–Kier alpha value is -1.26. The van der Waals surface area contributed by atoms with Crippen molar-refractivity contribution in [3.63, 3.8) is 0 Å². The molecule has 4 heteroatoms. The van der Waals surface area contributed by atoms with Crippen LogP contribution in [0.3, 0.4) is 0 Å². The van der Waals surface area contributed by atoms with E-state index in [1.807, 2.05) is 18.2 Å². The second kappa shape index (κ2) is 4.72. The molecule has 1 fully saturated rings. The van der Waals surface area contributed by atoms with E-state index in [-0.39, 0.29) is 6.10 Å². The Morgan fingerprint density at radius 2 is 2.06 bits per heavy atom. The van der Waals surface area contributed by atoms with Gasteiger partial charge in [0.25, 0.3) is 0 Å². The number of rotatable bonds is 4. The number of nitrogens with zero attached hydrogens (tertiary/aromatic N) is 1. The Balaban J connectivity index is 2.10. The topological polar surface area (TPSA) is 41.9 Å². The predicted octanol–water partition coefficient (Wildman–Crippen LogP) is 0.880. The molecule has 0 aromatic heterocycles. The van der Waals surface area contributed by atoms with Crippen LogP contribution in [0.5, 0.6) is 11.5 Å². The van der Waals surface area contributed by atoms with Gasteiger partial charge in [0.1, 0.15) is 11.5 Å². The number of aliphatic hydroxyl groups excluding tert-OH is 1. The lowest BCUT2D eigenvalue weighted by atomic mass is 10.1. The van der Waals surface area contributed by atoms with Gasteiger partial charge in [0.15, 0.2) is 0 Å². The van der Waals surface area contributed by atoms with Gasteiger partial charge in [0.2, 0.25) is 0 Å². The summed E-state index contributed by atoms with van der Waals surface area (Å²) in [6.07, 6.45) is -0.170. The van der Waals surface area contributed by atoms with E-state index in [0.717, 1.165) is 36.7 Å². The molecule has 1 aromatic carbocycles. The molecule has 1 aliphatic rings. The molecular formula is C12H17NO3. The van der Waals surface area contributed by atoms with Crippen molar-refractivity contribution >= 4 is 0 Å². The number of β-amino-alcohol motifs (C(OH)–C–C–N with tert-alkyl or cyclic N) is 1. The van der Waals surface area contributed by atoms with E-state index in [0.29, 0.717) is 0 Å². The van der Waals surface area contributed by atoms with Gasteiger partial charge in [-0.1, -0.05) is 0 Å². The van der Waals surface area contributed by atoms with Gasteiger partial charge in [-0.2, -0.15) is 0 Å². The SMILES string of the molecule is COc1ccc(OC)c(CN2CC(O)C2)c1. The van der Waals surface area contributed by atoms with Crippen molar-refractivity contribution in [3.05, 3.63) is 23.8 Å². The van der Waals surface area contributed by atoms with Gasteiger partial charge in [-0.3, -0.25) is 4.90 Å². The van der Waals surface area contributed by atoms with Crippen molar-refractivity contribution in [2.24, 2.45) is 0 Å². The zero-order chi connectivity index (χ0) is 11.5. The van der Waals surface area contributed by atoms with Crippen molar-refractivity contribution < 1.29 is 14.6 Å². The molecule has 1 saturated heterocycles. The lowest BCUT2D eigenvalue weighted by molar-refractivity contribution is -0.00323. The molecule has 0 unspecified atom stereocenters. The predicted molar refractivity (Wildman–Crippen MR) is 60.8 cm³/mol. The maximum absolute atomic E-state index is 9.23. The van der Waals surface area contributed by atoms with Crippen LogP contribution in [-0.4, -0.2) is 43.4 Å². The molecule has 2 rings (SSSR count). The third-order valence-corrected chi connectivity index (χ3v) is 2.82. The number of hydrogen-bond donors (Lipinski definition) is 1. The number of benzene rings is 1. The standard InChI is InChI=1S/C12H17NO3/c1-15-11-3-4-12(16-2)9(5-11)6-13-7-10(14)8-13/h3-5,10,14H,6-8H2,1-2H3. The highest BCUT2D eigenvalue weighted by molar-refractivity contribution is 5.40. The molecule has 4 nitrogen and oxygen atoms in total. The molecule has 0 amide bonds. The second-order valence-electron chi connectivity index (χ2n) is 4.03. The minimum atomic E-state index is -0.170. The number of methoxy groups -OCH3 is 2. The van der Waals surface area contributed by atoms with E-state index in [9.17, 15) is 5.11 Å². The van der Waals surface area contributed by atoms with Crippen molar-refractivity contribution in [3.8, 4) is 11.5 Å². The molecule has 1 aliphatic heterocycles. The Morgan fingerprint density at radius 1 is 1.31 bits per heavy atom. The minimum absolute atomic E-state index is 0.170. The van der Waals surface area contributed by atoms with Crippen LogP contribution in [-0.2, 0) is 6.54 Å². The van der Waals surface area contributed by atoms with Crippen LogP contribution in [0.25, 0.3) is 0 Å². The zero-order valence-corrected chi connectivity index (χ0v) is 9.64. The summed E-state index contributed by atoms with van der Waals surface area (Å²) >= 11 is 0. The molecule has 0 aliphatic carbocycles. The fraction of sp³-hybridized carbons (Fsp3) is 0.500. The minimum Gasteiger partial charge on any atom is -0.497 e. The average Bonchev–Trinajstić information content (AvgIpc) is 2.27. The van der Waals surface area contributed by atoms with E-state index in [2.05, 4.69) is 4.90 Å². The van der Waals surface area contributed by atoms with Crippen LogP contribution in [0.4, 0.5) is 0 Å². The van der Waals surface area contributed by atoms with Crippen LogP contribution < -0.4 is 9.47 Å². The molecule has 0 bridgehead atoms. The summed E-state index contributed by atoms with van der Waals surface area (Å²) in [6.45, 7) is 2.26. The number of aliphatic hydroxyl groups is 1. The summed E-state index contributed by atoms with van der Waals surface area (Å²) in [6, 6.07) is 5.77. The van der Waals surface area contributed by atoms with Crippen molar-refractivity contribution in [1.29, 1.82) is 0 Å². The van der Waals surface area contributed by atoms with E-state index < -0.39 is 0 Å². The largest absolute Gasteiger partial charge is 0.497 e. The molecule has 16 heavy (non-hydrogen) atoms. The quantitative estimate of drug-likeness (QED) is 0.822. The zero-order valence-electron chi connectivity index (χ0n) is 9.64. The maximum Gasteiger partial charge on any atom is 0.123 e. The van der Waals surface area contributed by atoms with Crippen LogP contribution >= 0.6 is 0 Å². The third kappa shape index (κ3) is 2.28. The van der Waals surface area contributed by atoms with Gasteiger partial charge in [0, 0.05) is 25.2 Å². The lowest BCUT2D eigenvalue weighted by Crippen LogP contribution is -2.49. The molecule has 0 radical (unpaired) electrons. The molecule has 88 valence electrons. The fourth-order valence-electron chi connectivity index (χ4n) is 1.92. The van der Waals surface area contributed by atoms with Gasteiger partial charge in [-0.05, 0) is 18.2 Å². The van der Waals surface area contributed by atoms with Crippen molar-refractivity contribution in [2.45, 2.75) is 12.6 Å². The first kappa shape index (κ1) is 11.2. The van der Waals surface area contributed by atoms with E-state index >= 15 is 0 Å². The Labute approximate surface area is 95.4 Å². The summed E-state index contributed by atoms with van der Waals surface area (Å²) in [5.41, 5.74) is 1.09.